The van der Waals surface area contributed by atoms with Crippen molar-refractivity contribution in [2.75, 3.05) is 18.0 Å². The van der Waals surface area contributed by atoms with Gasteiger partial charge in [0.25, 0.3) is 5.91 Å². The molecule has 0 unspecified atom stereocenters. The summed E-state index contributed by atoms with van der Waals surface area (Å²) >= 11 is 0. The third kappa shape index (κ3) is 3.40. The number of hydrogen-bond donors (Lipinski definition) is 1. The number of rotatable bonds is 5. The van der Waals surface area contributed by atoms with Crippen molar-refractivity contribution in [3.8, 4) is 0 Å². The Bertz CT molecular complexity index is 850. The topological polar surface area (TPSA) is 52.7 Å². The third-order valence-corrected chi connectivity index (χ3v) is 4.75. The van der Waals surface area contributed by atoms with Crippen LogP contribution in [0.3, 0.4) is 0 Å². The smallest absolute Gasteiger partial charge is 0.321 e. The zero-order valence-electron chi connectivity index (χ0n) is 14.3. The Morgan fingerprint density at radius 1 is 1.19 bits per heavy atom. The average Bonchev–Trinajstić information content (AvgIpc) is 3.40. The molecule has 4 rings (SSSR count). The molecule has 3 amide bonds. The lowest BCUT2D eigenvalue weighted by molar-refractivity contribution is 0.0729. The monoisotopic (exact) mass is 353 g/mol. The second-order valence-corrected chi connectivity index (χ2v) is 6.73. The third-order valence-electron chi connectivity index (χ3n) is 4.75. The normalized spacial score (nSPS) is 16.5. The molecule has 1 saturated heterocycles. The Morgan fingerprint density at radius 3 is 2.69 bits per heavy atom. The van der Waals surface area contributed by atoms with E-state index in [1.54, 1.807) is 34.1 Å². The van der Waals surface area contributed by atoms with Gasteiger partial charge < -0.3 is 10.2 Å². The lowest BCUT2D eigenvalue weighted by Crippen LogP contribution is -2.33. The summed E-state index contributed by atoms with van der Waals surface area (Å²) in [4.78, 5) is 28.4. The highest BCUT2D eigenvalue weighted by molar-refractivity contribution is 5.98. The van der Waals surface area contributed by atoms with Crippen LogP contribution in [0.15, 0.2) is 48.5 Å². The predicted octanol–water partition coefficient (Wildman–Crippen LogP) is 3.16. The zero-order valence-corrected chi connectivity index (χ0v) is 14.3. The average molecular weight is 353 g/mol. The molecule has 0 radical (unpaired) electrons. The second kappa shape index (κ2) is 6.78. The van der Waals surface area contributed by atoms with Crippen LogP contribution in [-0.2, 0) is 6.54 Å². The Morgan fingerprint density at radius 2 is 2.00 bits per heavy atom. The maximum Gasteiger partial charge on any atom is 0.321 e. The Balaban J connectivity index is 1.57. The minimum absolute atomic E-state index is 0.0850. The van der Waals surface area contributed by atoms with Crippen molar-refractivity contribution in [1.82, 2.24) is 10.2 Å². The highest BCUT2D eigenvalue weighted by Gasteiger charge is 2.33. The fraction of sp³-hybridized carbons (Fsp3) is 0.300. The van der Waals surface area contributed by atoms with Crippen LogP contribution in [0, 0.1) is 5.82 Å². The van der Waals surface area contributed by atoms with E-state index in [2.05, 4.69) is 5.32 Å². The van der Waals surface area contributed by atoms with Crippen LogP contribution >= 0.6 is 0 Å². The van der Waals surface area contributed by atoms with Crippen molar-refractivity contribution in [2.45, 2.75) is 25.4 Å². The van der Waals surface area contributed by atoms with E-state index in [9.17, 15) is 14.0 Å². The van der Waals surface area contributed by atoms with Gasteiger partial charge in [0.2, 0.25) is 0 Å². The van der Waals surface area contributed by atoms with Crippen molar-refractivity contribution >= 4 is 17.6 Å². The first-order valence-electron chi connectivity index (χ1n) is 8.83. The van der Waals surface area contributed by atoms with Gasteiger partial charge in [-0.15, -0.1) is 0 Å². The first-order valence-corrected chi connectivity index (χ1v) is 8.83. The van der Waals surface area contributed by atoms with Gasteiger partial charge in [-0.25, -0.2) is 9.18 Å². The van der Waals surface area contributed by atoms with Crippen molar-refractivity contribution in [2.24, 2.45) is 0 Å². The summed E-state index contributed by atoms with van der Waals surface area (Å²) in [6.45, 7) is 1.58. The van der Waals surface area contributed by atoms with E-state index in [0.29, 0.717) is 30.9 Å². The summed E-state index contributed by atoms with van der Waals surface area (Å²) in [5.74, 6) is -0.383. The highest BCUT2D eigenvalue weighted by atomic mass is 19.1. The van der Waals surface area contributed by atoms with Gasteiger partial charge in [-0.3, -0.25) is 9.69 Å². The molecular formula is C20H20FN3O2. The molecule has 0 atom stereocenters. The van der Waals surface area contributed by atoms with Crippen LogP contribution in [0.1, 0.15) is 28.8 Å². The Hall–Kier alpha value is -2.89. The molecule has 2 aromatic carbocycles. The minimum atomic E-state index is -0.298. The van der Waals surface area contributed by atoms with Crippen molar-refractivity contribution < 1.29 is 14.0 Å². The van der Waals surface area contributed by atoms with Gasteiger partial charge in [0, 0.05) is 36.9 Å². The molecule has 6 heteroatoms. The van der Waals surface area contributed by atoms with Crippen LogP contribution in [0.25, 0.3) is 0 Å². The van der Waals surface area contributed by atoms with Gasteiger partial charge in [-0.1, -0.05) is 18.2 Å². The van der Waals surface area contributed by atoms with E-state index < -0.39 is 0 Å². The number of anilines is 1. The number of carbonyl (C=O) groups is 2. The molecule has 1 aliphatic carbocycles. The van der Waals surface area contributed by atoms with Crippen LogP contribution < -0.4 is 10.2 Å². The van der Waals surface area contributed by atoms with Gasteiger partial charge in [0.05, 0.1) is 0 Å². The van der Waals surface area contributed by atoms with E-state index in [1.807, 2.05) is 12.1 Å². The number of benzene rings is 2. The van der Waals surface area contributed by atoms with E-state index >= 15 is 0 Å². The molecule has 134 valence electrons. The highest BCUT2D eigenvalue weighted by Crippen LogP contribution is 2.30. The molecule has 1 heterocycles. The summed E-state index contributed by atoms with van der Waals surface area (Å²) in [5, 5.41) is 2.76. The van der Waals surface area contributed by atoms with Crippen LogP contribution in [0.2, 0.25) is 0 Å². The number of carbonyl (C=O) groups excluding carboxylic acids is 2. The van der Waals surface area contributed by atoms with Gasteiger partial charge in [-0.05, 0) is 48.7 Å². The lowest BCUT2D eigenvalue weighted by atomic mass is 10.1. The van der Waals surface area contributed by atoms with Gasteiger partial charge in [0.1, 0.15) is 5.82 Å². The molecule has 26 heavy (non-hydrogen) atoms. The summed E-state index contributed by atoms with van der Waals surface area (Å²) in [6.07, 6.45) is 1.94. The SMILES string of the molecule is O=C1NCCN1c1cccc(C(=O)N(Cc2cccc(F)c2)C2CC2)c1. The molecule has 0 spiro atoms. The summed E-state index contributed by atoms with van der Waals surface area (Å²) in [6, 6.07) is 13.6. The van der Waals surface area contributed by atoms with E-state index in [0.717, 1.165) is 18.4 Å². The first kappa shape index (κ1) is 16.6. The molecule has 1 aliphatic heterocycles. The maximum atomic E-state index is 13.5. The van der Waals surface area contributed by atoms with Crippen molar-refractivity contribution in [3.05, 3.63) is 65.5 Å². The minimum Gasteiger partial charge on any atom is -0.336 e. The Labute approximate surface area is 151 Å². The summed E-state index contributed by atoms with van der Waals surface area (Å²) in [5.41, 5.74) is 2.04. The van der Waals surface area contributed by atoms with Crippen LogP contribution in [0.4, 0.5) is 14.9 Å². The molecule has 5 nitrogen and oxygen atoms in total. The predicted molar refractivity (Wildman–Crippen MR) is 96.5 cm³/mol. The fourth-order valence-corrected chi connectivity index (χ4v) is 3.28. The van der Waals surface area contributed by atoms with Gasteiger partial charge in [-0.2, -0.15) is 0 Å². The van der Waals surface area contributed by atoms with E-state index in [4.69, 9.17) is 0 Å². The standard InChI is InChI=1S/C20H20FN3O2/c21-16-5-1-3-14(11-16)13-24(17-7-8-17)19(25)15-4-2-6-18(12-15)23-10-9-22-20(23)26/h1-6,11-12,17H,7-10,13H2,(H,22,26). The first-order chi connectivity index (χ1) is 12.6. The summed E-state index contributed by atoms with van der Waals surface area (Å²) in [7, 11) is 0. The number of amides is 3. The fourth-order valence-electron chi connectivity index (χ4n) is 3.28. The zero-order chi connectivity index (χ0) is 18.1. The van der Waals surface area contributed by atoms with Gasteiger partial charge in [0.15, 0.2) is 0 Å². The lowest BCUT2D eigenvalue weighted by Gasteiger charge is -2.23. The quantitative estimate of drug-likeness (QED) is 0.898. The summed E-state index contributed by atoms with van der Waals surface area (Å²) < 4.78 is 13.5. The largest absolute Gasteiger partial charge is 0.336 e. The number of nitrogens with zero attached hydrogens (tertiary/aromatic N) is 2. The molecule has 2 aliphatic rings. The number of halogens is 1. The molecule has 2 fully saturated rings. The van der Waals surface area contributed by atoms with Crippen LogP contribution in [-0.4, -0.2) is 36.0 Å². The molecule has 0 bridgehead atoms. The molecular weight excluding hydrogens is 333 g/mol. The molecule has 1 saturated carbocycles. The Kier molecular flexibility index (Phi) is 4.32. The number of urea groups is 1. The molecule has 2 aromatic rings. The van der Waals surface area contributed by atoms with Crippen molar-refractivity contribution in [3.63, 3.8) is 0 Å². The molecule has 1 N–H and O–H groups in total. The number of hydrogen-bond acceptors (Lipinski definition) is 2. The van der Waals surface area contributed by atoms with Crippen LogP contribution in [0.5, 0.6) is 0 Å². The second-order valence-electron chi connectivity index (χ2n) is 6.73. The van der Waals surface area contributed by atoms with E-state index in [1.165, 1.54) is 12.1 Å². The van der Waals surface area contributed by atoms with Crippen molar-refractivity contribution in [1.29, 1.82) is 0 Å². The van der Waals surface area contributed by atoms with Gasteiger partial charge >= 0.3 is 6.03 Å². The molecule has 0 aromatic heterocycles. The maximum absolute atomic E-state index is 13.5. The van der Waals surface area contributed by atoms with E-state index in [-0.39, 0.29) is 23.8 Å². The number of nitrogens with one attached hydrogen (secondary N) is 1.